The Kier molecular flexibility index (Phi) is 4.35. The summed E-state index contributed by atoms with van der Waals surface area (Å²) in [5.74, 6) is 0.738. The Morgan fingerprint density at radius 3 is 2.39 bits per heavy atom. The monoisotopic (exact) mass is 311 g/mol. The topological polar surface area (TPSA) is 58.6 Å². The molecular formula is C19H21NO3. The molecule has 1 atom stereocenters. The van der Waals surface area contributed by atoms with E-state index in [1.807, 2.05) is 30.3 Å². The molecule has 1 amide bonds. The van der Waals surface area contributed by atoms with Crippen LogP contribution in [0.2, 0.25) is 0 Å². The SMILES string of the molecule is COc1ccc(C(O)CNC(=O)C2(c3ccccc3)CC2)cc1. The van der Waals surface area contributed by atoms with Crippen LogP contribution in [-0.2, 0) is 10.2 Å². The molecule has 0 spiro atoms. The summed E-state index contributed by atoms with van der Waals surface area (Å²) < 4.78 is 5.10. The fourth-order valence-electron chi connectivity index (χ4n) is 2.83. The maximum Gasteiger partial charge on any atom is 0.230 e. The first kappa shape index (κ1) is 15.6. The molecule has 1 unspecified atom stereocenters. The van der Waals surface area contributed by atoms with Crippen LogP contribution < -0.4 is 10.1 Å². The summed E-state index contributed by atoms with van der Waals surface area (Å²) in [6.07, 6.45) is 1.000. The smallest absolute Gasteiger partial charge is 0.230 e. The molecule has 2 N–H and O–H groups in total. The molecule has 120 valence electrons. The predicted molar refractivity (Wildman–Crippen MR) is 88.3 cm³/mol. The number of methoxy groups -OCH3 is 1. The van der Waals surface area contributed by atoms with Crippen molar-refractivity contribution in [2.24, 2.45) is 0 Å². The fourth-order valence-corrected chi connectivity index (χ4v) is 2.83. The minimum atomic E-state index is -0.726. The second-order valence-electron chi connectivity index (χ2n) is 5.95. The van der Waals surface area contributed by atoms with Crippen molar-refractivity contribution < 1.29 is 14.6 Å². The van der Waals surface area contributed by atoms with Crippen LogP contribution in [0.4, 0.5) is 0 Å². The number of hydrogen-bond donors (Lipinski definition) is 2. The molecule has 1 fully saturated rings. The molecule has 1 aliphatic rings. The number of hydrogen-bond acceptors (Lipinski definition) is 3. The van der Waals surface area contributed by atoms with Gasteiger partial charge < -0.3 is 15.2 Å². The van der Waals surface area contributed by atoms with E-state index in [4.69, 9.17) is 4.74 Å². The van der Waals surface area contributed by atoms with E-state index in [2.05, 4.69) is 5.32 Å². The van der Waals surface area contributed by atoms with E-state index in [1.54, 1.807) is 31.4 Å². The average Bonchev–Trinajstić information content (AvgIpc) is 3.42. The zero-order chi connectivity index (χ0) is 16.3. The van der Waals surface area contributed by atoms with Crippen LogP contribution in [0.15, 0.2) is 54.6 Å². The highest BCUT2D eigenvalue weighted by molar-refractivity contribution is 5.91. The van der Waals surface area contributed by atoms with Gasteiger partial charge in [0.1, 0.15) is 5.75 Å². The number of ether oxygens (including phenoxy) is 1. The zero-order valence-electron chi connectivity index (χ0n) is 13.2. The van der Waals surface area contributed by atoms with Gasteiger partial charge in [-0.15, -0.1) is 0 Å². The van der Waals surface area contributed by atoms with E-state index in [0.29, 0.717) is 0 Å². The average molecular weight is 311 g/mol. The number of rotatable bonds is 6. The zero-order valence-corrected chi connectivity index (χ0v) is 13.2. The van der Waals surface area contributed by atoms with E-state index >= 15 is 0 Å². The van der Waals surface area contributed by atoms with Crippen molar-refractivity contribution >= 4 is 5.91 Å². The molecule has 4 nitrogen and oxygen atoms in total. The summed E-state index contributed by atoms with van der Waals surface area (Å²) >= 11 is 0. The Morgan fingerprint density at radius 1 is 1.17 bits per heavy atom. The summed E-state index contributed by atoms with van der Waals surface area (Å²) in [6.45, 7) is 0.208. The first-order chi connectivity index (χ1) is 11.2. The highest BCUT2D eigenvalue weighted by Crippen LogP contribution is 2.48. The lowest BCUT2D eigenvalue weighted by Gasteiger charge is -2.18. The Bertz CT molecular complexity index is 663. The normalized spacial score (nSPS) is 16.4. The lowest BCUT2D eigenvalue weighted by atomic mass is 9.95. The quantitative estimate of drug-likeness (QED) is 0.862. The number of carbonyl (C=O) groups excluding carboxylic acids is 1. The van der Waals surface area contributed by atoms with Crippen molar-refractivity contribution in [1.82, 2.24) is 5.32 Å². The van der Waals surface area contributed by atoms with E-state index < -0.39 is 11.5 Å². The van der Waals surface area contributed by atoms with Crippen LogP contribution in [0.1, 0.15) is 30.1 Å². The Balaban J connectivity index is 1.60. The molecule has 3 rings (SSSR count). The summed E-state index contributed by atoms with van der Waals surface area (Å²) in [5, 5.41) is 13.1. The van der Waals surface area contributed by atoms with Gasteiger partial charge in [0.15, 0.2) is 0 Å². The van der Waals surface area contributed by atoms with E-state index in [0.717, 1.165) is 29.7 Å². The van der Waals surface area contributed by atoms with Crippen LogP contribution >= 0.6 is 0 Å². The molecule has 1 aliphatic carbocycles. The van der Waals surface area contributed by atoms with Gasteiger partial charge in [0.2, 0.25) is 5.91 Å². The standard InChI is InChI=1S/C19H21NO3/c1-23-16-9-7-14(8-10-16)17(21)13-20-18(22)19(11-12-19)15-5-3-2-4-6-15/h2-10,17,21H,11-13H2,1H3,(H,20,22). The molecule has 0 saturated heterocycles. The predicted octanol–water partition coefficient (Wildman–Crippen LogP) is 2.58. The van der Waals surface area contributed by atoms with E-state index in [1.165, 1.54) is 0 Å². The molecule has 0 aromatic heterocycles. The third-order valence-corrected chi connectivity index (χ3v) is 4.47. The largest absolute Gasteiger partial charge is 0.497 e. The summed E-state index contributed by atoms with van der Waals surface area (Å²) in [4.78, 5) is 12.5. The number of amides is 1. The van der Waals surface area contributed by atoms with Crippen LogP contribution in [-0.4, -0.2) is 24.7 Å². The number of nitrogens with one attached hydrogen (secondary N) is 1. The minimum Gasteiger partial charge on any atom is -0.497 e. The highest BCUT2D eigenvalue weighted by Gasteiger charge is 2.51. The van der Waals surface area contributed by atoms with Crippen LogP contribution in [0.25, 0.3) is 0 Å². The fraction of sp³-hybridized carbons (Fsp3) is 0.316. The molecule has 4 heteroatoms. The summed E-state index contributed by atoms with van der Waals surface area (Å²) in [7, 11) is 1.60. The molecule has 0 radical (unpaired) electrons. The third-order valence-electron chi connectivity index (χ3n) is 4.47. The van der Waals surface area contributed by atoms with Gasteiger partial charge in [-0.25, -0.2) is 0 Å². The van der Waals surface area contributed by atoms with Gasteiger partial charge in [-0.2, -0.15) is 0 Å². The molecule has 1 saturated carbocycles. The molecule has 0 aliphatic heterocycles. The van der Waals surface area contributed by atoms with Crippen LogP contribution in [0.5, 0.6) is 5.75 Å². The van der Waals surface area contributed by atoms with Crippen molar-refractivity contribution in [3.8, 4) is 5.75 Å². The first-order valence-electron chi connectivity index (χ1n) is 7.81. The van der Waals surface area contributed by atoms with E-state index in [9.17, 15) is 9.90 Å². The molecule has 2 aromatic rings. The highest BCUT2D eigenvalue weighted by atomic mass is 16.5. The van der Waals surface area contributed by atoms with Crippen molar-refractivity contribution in [2.75, 3.05) is 13.7 Å². The molecular weight excluding hydrogens is 290 g/mol. The first-order valence-corrected chi connectivity index (χ1v) is 7.81. The van der Waals surface area contributed by atoms with Gasteiger partial charge in [-0.3, -0.25) is 4.79 Å². The number of aliphatic hydroxyl groups excluding tert-OH is 1. The van der Waals surface area contributed by atoms with Crippen molar-refractivity contribution in [1.29, 1.82) is 0 Å². The minimum absolute atomic E-state index is 0.00346. The van der Waals surface area contributed by atoms with Crippen molar-refractivity contribution in [2.45, 2.75) is 24.4 Å². The molecule has 0 bridgehead atoms. The number of benzene rings is 2. The molecule has 0 heterocycles. The molecule has 23 heavy (non-hydrogen) atoms. The van der Waals surface area contributed by atoms with Crippen LogP contribution in [0.3, 0.4) is 0 Å². The maximum absolute atomic E-state index is 12.5. The van der Waals surface area contributed by atoms with Gasteiger partial charge in [-0.05, 0) is 36.1 Å². The lowest BCUT2D eigenvalue weighted by Crippen LogP contribution is -2.37. The maximum atomic E-state index is 12.5. The van der Waals surface area contributed by atoms with Gasteiger partial charge in [0.05, 0.1) is 18.6 Å². The third kappa shape index (κ3) is 3.22. The Labute approximate surface area is 136 Å². The summed E-state index contributed by atoms with van der Waals surface area (Å²) in [6, 6.07) is 17.0. The number of carbonyl (C=O) groups is 1. The van der Waals surface area contributed by atoms with Gasteiger partial charge in [0, 0.05) is 6.54 Å². The van der Waals surface area contributed by atoms with Crippen LogP contribution in [0, 0.1) is 0 Å². The second-order valence-corrected chi connectivity index (χ2v) is 5.95. The van der Waals surface area contributed by atoms with Gasteiger partial charge >= 0.3 is 0 Å². The lowest BCUT2D eigenvalue weighted by molar-refractivity contribution is -0.124. The Morgan fingerprint density at radius 2 is 1.83 bits per heavy atom. The van der Waals surface area contributed by atoms with Crippen molar-refractivity contribution in [3.63, 3.8) is 0 Å². The van der Waals surface area contributed by atoms with E-state index in [-0.39, 0.29) is 12.5 Å². The second kappa shape index (κ2) is 6.42. The molecule has 2 aromatic carbocycles. The Hall–Kier alpha value is -2.33. The van der Waals surface area contributed by atoms with Crippen molar-refractivity contribution in [3.05, 3.63) is 65.7 Å². The van der Waals surface area contributed by atoms with Gasteiger partial charge in [0.25, 0.3) is 0 Å². The van der Waals surface area contributed by atoms with Gasteiger partial charge in [-0.1, -0.05) is 42.5 Å². The summed E-state index contributed by atoms with van der Waals surface area (Å²) in [5.41, 5.74) is 1.41. The number of aliphatic hydroxyl groups is 1.